The second-order valence-corrected chi connectivity index (χ2v) is 7.93. The summed E-state index contributed by atoms with van der Waals surface area (Å²) >= 11 is 0. The molecule has 3 rings (SSSR count). The summed E-state index contributed by atoms with van der Waals surface area (Å²) < 4.78 is 0. The average molecular weight is 408 g/mol. The van der Waals surface area contributed by atoms with Gasteiger partial charge in [0.1, 0.15) is 5.75 Å². The van der Waals surface area contributed by atoms with Crippen LogP contribution in [-0.2, 0) is 9.59 Å². The highest BCUT2D eigenvalue weighted by atomic mass is 16.3. The van der Waals surface area contributed by atoms with Crippen molar-refractivity contribution in [3.05, 3.63) is 65.2 Å². The van der Waals surface area contributed by atoms with Crippen LogP contribution in [0.15, 0.2) is 48.5 Å². The number of carbonyl (C=O) groups excluding carboxylic acids is 3. The lowest BCUT2D eigenvalue weighted by Crippen LogP contribution is -2.42. The van der Waals surface area contributed by atoms with E-state index in [0.29, 0.717) is 31.5 Å². The Morgan fingerprint density at radius 3 is 2.20 bits per heavy atom. The van der Waals surface area contributed by atoms with Crippen LogP contribution in [0.2, 0.25) is 0 Å². The number of amides is 2. The van der Waals surface area contributed by atoms with Crippen molar-refractivity contribution in [1.29, 1.82) is 0 Å². The fraction of sp³-hybridized carbons (Fsp3) is 0.375. The van der Waals surface area contributed by atoms with Gasteiger partial charge in [0.2, 0.25) is 11.8 Å². The van der Waals surface area contributed by atoms with Crippen LogP contribution in [0.3, 0.4) is 0 Å². The molecule has 1 heterocycles. The molecule has 0 aromatic heterocycles. The van der Waals surface area contributed by atoms with Gasteiger partial charge in [-0.25, -0.2) is 0 Å². The number of hydrogen-bond acceptors (Lipinski definition) is 4. The maximum absolute atomic E-state index is 12.9. The number of benzene rings is 2. The monoisotopic (exact) mass is 408 g/mol. The van der Waals surface area contributed by atoms with Crippen molar-refractivity contribution in [1.82, 2.24) is 10.2 Å². The number of carbonyl (C=O) groups is 3. The first-order valence-electron chi connectivity index (χ1n) is 10.3. The number of likely N-dealkylation sites (tertiary alicyclic amines) is 1. The van der Waals surface area contributed by atoms with Gasteiger partial charge in [0.25, 0.3) is 0 Å². The molecule has 6 nitrogen and oxygen atoms in total. The van der Waals surface area contributed by atoms with Crippen LogP contribution < -0.4 is 5.32 Å². The number of phenolic OH excluding ortho intramolecular Hbond substituents is 1. The van der Waals surface area contributed by atoms with E-state index in [0.717, 1.165) is 11.1 Å². The molecule has 1 aliphatic rings. The number of nitrogens with zero attached hydrogens (tertiary/aromatic N) is 1. The normalized spacial score (nSPS) is 15.5. The third-order valence-corrected chi connectivity index (χ3v) is 5.61. The molecular weight excluding hydrogens is 380 g/mol. The van der Waals surface area contributed by atoms with E-state index in [1.54, 1.807) is 17.0 Å². The number of aromatic hydroxyl groups is 1. The van der Waals surface area contributed by atoms with E-state index in [1.807, 2.05) is 31.2 Å². The topological polar surface area (TPSA) is 86.7 Å². The highest BCUT2D eigenvalue weighted by Gasteiger charge is 2.29. The summed E-state index contributed by atoms with van der Waals surface area (Å²) in [6.07, 6.45) is 1.42. The molecule has 2 aromatic carbocycles. The summed E-state index contributed by atoms with van der Waals surface area (Å²) in [5, 5.41) is 12.3. The third-order valence-electron chi connectivity index (χ3n) is 5.61. The third kappa shape index (κ3) is 5.47. The lowest BCUT2D eigenvalue weighted by Gasteiger charge is -2.32. The van der Waals surface area contributed by atoms with Gasteiger partial charge in [0.15, 0.2) is 5.78 Å². The van der Waals surface area contributed by atoms with E-state index >= 15 is 0 Å². The molecule has 2 aromatic rings. The smallest absolute Gasteiger partial charge is 0.224 e. The zero-order chi connectivity index (χ0) is 21.7. The van der Waals surface area contributed by atoms with Crippen molar-refractivity contribution in [2.75, 3.05) is 13.1 Å². The zero-order valence-corrected chi connectivity index (χ0v) is 17.4. The van der Waals surface area contributed by atoms with Crippen molar-refractivity contribution in [2.24, 2.45) is 5.92 Å². The Hall–Kier alpha value is -3.15. The molecule has 0 radical (unpaired) electrons. The number of rotatable bonds is 6. The molecule has 0 aliphatic carbocycles. The van der Waals surface area contributed by atoms with Crippen LogP contribution in [0.5, 0.6) is 5.75 Å². The summed E-state index contributed by atoms with van der Waals surface area (Å²) in [7, 11) is 0. The molecule has 1 aliphatic heterocycles. The lowest BCUT2D eigenvalue weighted by atomic mass is 9.88. The molecule has 0 saturated carbocycles. The highest BCUT2D eigenvalue weighted by molar-refractivity contribution is 5.98. The Morgan fingerprint density at radius 2 is 1.63 bits per heavy atom. The van der Waals surface area contributed by atoms with E-state index in [9.17, 15) is 19.5 Å². The quantitative estimate of drug-likeness (QED) is 0.718. The van der Waals surface area contributed by atoms with Crippen molar-refractivity contribution < 1.29 is 19.5 Å². The largest absolute Gasteiger partial charge is 0.508 e. The molecule has 2 N–H and O–H groups in total. The van der Waals surface area contributed by atoms with E-state index in [1.165, 1.54) is 19.1 Å². The SMILES string of the molecule is CC(=O)N[C@@H](CC(=O)N1CCC(C(=O)c2ccc(O)cc2)CC1)c1ccc(C)cc1. The van der Waals surface area contributed by atoms with E-state index in [-0.39, 0.29) is 41.7 Å². The van der Waals surface area contributed by atoms with Gasteiger partial charge >= 0.3 is 0 Å². The maximum Gasteiger partial charge on any atom is 0.224 e. The van der Waals surface area contributed by atoms with E-state index in [2.05, 4.69) is 5.32 Å². The Morgan fingerprint density at radius 1 is 1.03 bits per heavy atom. The van der Waals surface area contributed by atoms with Gasteiger partial charge in [-0.15, -0.1) is 0 Å². The zero-order valence-electron chi connectivity index (χ0n) is 17.4. The van der Waals surface area contributed by atoms with Crippen molar-refractivity contribution >= 4 is 17.6 Å². The fourth-order valence-corrected chi connectivity index (χ4v) is 3.85. The van der Waals surface area contributed by atoms with Gasteiger partial charge in [-0.1, -0.05) is 29.8 Å². The number of phenols is 1. The van der Waals surface area contributed by atoms with Gasteiger partial charge in [0.05, 0.1) is 12.5 Å². The molecule has 0 spiro atoms. The Kier molecular flexibility index (Phi) is 6.87. The molecule has 1 saturated heterocycles. The molecule has 1 fully saturated rings. The standard InChI is InChI=1S/C24H28N2O4/c1-16-3-5-18(6-4-16)22(25-17(2)27)15-23(29)26-13-11-20(12-14-26)24(30)19-7-9-21(28)10-8-19/h3-10,20,22,28H,11-15H2,1-2H3,(H,25,27)/t22-/m0/s1. The molecule has 1 atom stereocenters. The minimum absolute atomic E-state index is 0.0233. The summed E-state index contributed by atoms with van der Waals surface area (Å²) in [6.45, 7) is 4.49. The van der Waals surface area contributed by atoms with Crippen LogP contribution >= 0.6 is 0 Å². The predicted molar refractivity (Wildman–Crippen MR) is 114 cm³/mol. The van der Waals surface area contributed by atoms with Gasteiger partial charge in [-0.3, -0.25) is 14.4 Å². The first kappa shape index (κ1) is 21.6. The van der Waals surface area contributed by atoms with Crippen LogP contribution in [-0.4, -0.2) is 40.7 Å². The van der Waals surface area contributed by atoms with Crippen LogP contribution in [0.1, 0.15) is 53.7 Å². The first-order chi connectivity index (χ1) is 14.3. The highest BCUT2D eigenvalue weighted by Crippen LogP contribution is 2.25. The van der Waals surface area contributed by atoms with Gasteiger partial charge in [-0.05, 0) is 49.6 Å². The number of Topliss-reactive ketones (excluding diaryl/α,β-unsaturated/α-hetero) is 1. The fourth-order valence-electron chi connectivity index (χ4n) is 3.85. The Bertz CT molecular complexity index is 898. The molecule has 0 bridgehead atoms. The van der Waals surface area contributed by atoms with Gasteiger partial charge in [-0.2, -0.15) is 0 Å². The molecule has 2 amide bonds. The summed E-state index contributed by atoms with van der Waals surface area (Å²) in [5.74, 6) is -0.134. The molecule has 6 heteroatoms. The molecular formula is C24H28N2O4. The number of aryl methyl sites for hydroxylation is 1. The van der Waals surface area contributed by atoms with Crippen molar-refractivity contribution in [2.45, 2.75) is 39.2 Å². The average Bonchev–Trinajstić information content (AvgIpc) is 2.73. The van der Waals surface area contributed by atoms with Crippen molar-refractivity contribution in [3.63, 3.8) is 0 Å². The maximum atomic E-state index is 12.9. The first-order valence-corrected chi connectivity index (χ1v) is 10.3. The van der Waals surface area contributed by atoms with E-state index in [4.69, 9.17) is 0 Å². The number of hydrogen-bond donors (Lipinski definition) is 2. The van der Waals surface area contributed by atoms with Gasteiger partial charge < -0.3 is 15.3 Å². The van der Waals surface area contributed by atoms with Crippen molar-refractivity contribution in [3.8, 4) is 5.75 Å². The number of piperidine rings is 1. The van der Waals surface area contributed by atoms with Crippen LogP contribution in [0.25, 0.3) is 0 Å². The summed E-state index contributed by atoms with van der Waals surface area (Å²) in [5.41, 5.74) is 2.61. The van der Waals surface area contributed by atoms with Gasteiger partial charge in [0, 0.05) is 31.5 Å². The lowest BCUT2D eigenvalue weighted by molar-refractivity contribution is -0.133. The summed E-state index contributed by atoms with van der Waals surface area (Å²) in [6, 6.07) is 13.7. The molecule has 158 valence electrons. The second kappa shape index (κ2) is 9.57. The minimum atomic E-state index is -0.369. The summed E-state index contributed by atoms with van der Waals surface area (Å²) in [4.78, 5) is 39.0. The Balaban J connectivity index is 1.59. The number of nitrogens with one attached hydrogen (secondary N) is 1. The number of ketones is 1. The van der Waals surface area contributed by atoms with E-state index < -0.39 is 0 Å². The second-order valence-electron chi connectivity index (χ2n) is 7.93. The van der Waals surface area contributed by atoms with Crippen LogP contribution in [0, 0.1) is 12.8 Å². The molecule has 30 heavy (non-hydrogen) atoms. The molecule has 0 unspecified atom stereocenters. The predicted octanol–water partition coefficient (Wildman–Crippen LogP) is 3.39. The minimum Gasteiger partial charge on any atom is -0.508 e. The van der Waals surface area contributed by atoms with Crippen LogP contribution in [0.4, 0.5) is 0 Å². The Labute approximate surface area is 176 Å².